The number of hydrogen-bond donors (Lipinski definition) is 0. The van der Waals surface area contributed by atoms with Crippen molar-refractivity contribution in [2.45, 2.75) is 0 Å². The summed E-state index contributed by atoms with van der Waals surface area (Å²) in [6.07, 6.45) is 0. The molecule has 0 saturated carbocycles. The lowest BCUT2D eigenvalue weighted by molar-refractivity contribution is 0.669. The molecule has 0 aliphatic carbocycles. The summed E-state index contributed by atoms with van der Waals surface area (Å²) in [6, 6.07) is 73.1. The van der Waals surface area contributed by atoms with Crippen molar-refractivity contribution in [2.75, 3.05) is 4.90 Å². The highest BCUT2D eigenvalue weighted by Gasteiger charge is 2.27. The smallest absolute Gasteiger partial charge is 0.145 e. The molecular weight excluding hydrogens is 709 g/mol. The van der Waals surface area contributed by atoms with Crippen LogP contribution in [0.2, 0.25) is 0 Å². The van der Waals surface area contributed by atoms with Gasteiger partial charge in [-0.2, -0.15) is 0 Å². The van der Waals surface area contributed by atoms with Gasteiger partial charge < -0.3 is 18.3 Å². The van der Waals surface area contributed by atoms with Crippen molar-refractivity contribution in [3.63, 3.8) is 0 Å². The summed E-state index contributed by atoms with van der Waals surface area (Å²) in [5, 5.41) is 6.79. The van der Waals surface area contributed by atoms with Crippen LogP contribution in [-0.2, 0) is 0 Å². The van der Waals surface area contributed by atoms with Crippen molar-refractivity contribution in [1.29, 1.82) is 0 Å². The van der Waals surface area contributed by atoms with Crippen molar-refractivity contribution in [3.8, 4) is 27.9 Å². The van der Waals surface area contributed by atoms with Crippen LogP contribution >= 0.6 is 0 Å². The second-order valence-corrected chi connectivity index (χ2v) is 14.8. The first-order chi connectivity index (χ1) is 28.8. The summed E-state index contributed by atoms with van der Waals surface area (Å²) in [4.78, 5) is 2.39. The minimum atomic E-state index is 0.838. The third-order valence-corrected chi connectivity index (χ3v) is 11.6. The van der Waals surface area contributed by atoms with Gasteiger partial charge in [0.05, 0.1) is 33.7 Å². The Morgan fingerprint density at radius 2 is 0.845 bits per heavy atom. The molecule has 0 bridgehead atoms. The van der Waals surface area contributed by atoms with Crippen LogP contribution in [0.4, 0.5) is 17.1 Å². The molecule has 0 amide bonds. The maximum absolute atomic E-state index is 7.00. The third kappa shape index (κ3) is 4.82. The first-order valence-corrected chi connectivity index (χ1v) is 19.7. The van der Waals surface area contributed by atoms with Crippen molar-refractivity contribution >= 4 is 82.7 Å². The second-order valence-electron chi connectivity index (χ2n) is 14.8. The lowest BCUT2D eigenvalue weighted by Gasteiger charge is -2.30. The number of hydrogen-bond acceptors (Lipinski definition) is 3. The van der Waals surface area contributed by atoms with E-state index in [2.05, 4.69) is 198 Å². The van der Waals surface area contributed by atoms with E-state index >= 15 is 0 Å². The van der Waals surface area contributed by atoms with Gasteiger partial charge in [-0.15, -0.1) is 0 Å². The molecule has 3 heterocycles. The molecule has 272 valence electrons. The van der Waals surface area contributed by atoms with Crippen LogP contribution in [0.5, 0.6) is 0 Å². The Morgan fingerprint density at radius 3 is 1.57 bits per heavy atom. The second kappa shape index (κ2) is 12.9. The summed E-state index contributed by atoms with van der Waals surface area (Å²) in [7, 11) is 0. The van der Waals surface area contributed by atoms with Gasteiger partial charge in [-0.25, -0.2) is 0 Å². The van der Waals surface area contributed by atoms with Gasteiger partial charge in [0, 0.05) is 54.7 Å². The molecule has 0 unspecified atom stereocenters. The van der Waals surface area contributed by atoms with Gasteiger partial charge in [-0.05, 0) is 60.7 Å². The average molecular weight is 743 g/mol. The van der Waals surface area contributed by atoms with Crippen molar-refractivity contribution < 1.29 is 8.83 Å². The summed E-state index contributed by atoms with van der Waals surface area (Å²) in [5.41, 5.74) is 14.0. The molecule has 0 radical (unpaired) electrons. The molecule has 0 N–H and O–H groups in total. The molecule has 58 heavy (non-hydrogen) atoms. The van der Waals surface area contributed by atoms with Gasteiger partial charge in [-0.3, -0.25) is 0 Å². The van der Waals surface area contributed by atoms with E-state index in [1.807, 2.05) is 18.2 Å². The van der Waals surface area contributed by atoms with Gasteiger partial charge in [0.1, 0.15) is 22.3 Å². The van der Waals surface area contributed by atoms with Gasteiger partial charge >= 0.3 is 0 Å². The number of rotatable bonds is 6. The number of fused-ring (bicyclic) bond motifs is 9. The maximum Gasteiger partial charge on any atom is 0.145 e. The van der Waals surface area contributed by atoms with E-state index in [0.717, 1.165) is 99.9 Å². The molecule has 9 aromatic carbocycles. The molecule has 0 spiro atoms. The predicted molar refractivity (Wildman–Crippen MR) is 241 cm³/mol. The van der Waals surface area contributed by atoms with Crippen molar-refractivity contribution in [1.82, 2.24) is 4.57 Å². The Labute approximate surface area is 334 Å². The first kappa shape index (κ1) is 32.4. The fraction of sp³-hybridized carbons (Fsp3) is 0. The van der Waals surface area contributed by atoms with Crippen LogP contribution in [-0.4, -0.2) is 4.57 Å². The minimum Gasteiger partial charge on any atom is -0.455 e. The van der Waals surface area contributed by atoms with Gasteiger partial charge in [0.15, 0.2) is 0 Å². The number of nitrogens with zero attached hydrogens (tertiary/aromatic N) is 2. The number of para-hydroxylation sites is 8. The highest BCUT2D eigenvalue weighted by Crippen LogP contribution is 2.51. The monoisotopic (exact) mass is 742 g/mol. The normalized spacial score (nSPS) is 11.8. The maximum atomic E-state index is 7.00. The molecule has 0 fully saturated rings. The predicted octanol–water partition coefficient (Wildman–Crippen LogP) is 15.4. The Morgan fingerprint density at radius 1 is 0.328 bits per heavy atom. The van der Waals surface area contributed by atoms with Crippen molar-refractivity contribution in [3.05, 3.63) is 206 Å². The summed E-state index contributed by atoms with van der Waals surface area (Å²) in [6.45, 7) is 0. The third-order valence-electron chi connectivity index (χ3n) is 11.6. The van der Waals surface area contributed by atoms with E-state index in [9.17, 15) is 0 Å². The molecule has 4 heteroatoms. The molecule has 0 aliphatic heterocycles. The number of furan rings is 2. The molecular formula is C54H34N2O2. The van der Waals surface area contributed by atoms with Crippen LogP contribution in [0.3, 0.4) is 0 Å². The number of benzene rings is 9. The Hall–Kier alpha value is -7.82. The Kier molecular flexibility index (Phi) is 7.20. The summed E-state index contributed by atoms with van der Waals surface area (Å²) in [5.74, 6) is 0. The fourth-order valence-corrected chi connectivity index (χ4v) is 9.13. The number of anilines is 3. The molecule has 0 atom stereocenters. The number of aromatic nitrogens is 1. The fourth-order valence-electron chi connectivity index (χ4n) is 9.13. The molecule has 4 nitrogen and oxygen atoms in total. The largest absolute Gasteiger partial charge is 0.455 e. The van der Waals surface area contributed by atoms with E-state index < -0.39 is 0 Å². The first-order valence-electron chi connectivity index (χ1n) is 19.7. The van der Waals surface area contributed by atoms with Crippen LogP contribution in [0, 0.1) is 0 Å². The topological polar surface area (TPSA) is 34.5 Å². The molecule has 3 aromatic heterocycles. The molecule has 0 saturated heterocycles. The zero-order valence-electron chi connectivity index (χ0n) is 31.3. The highest BCUT2D eigenvalue weighted by atomic mass is 16.3. The Bertz CT molecular complexity index is 3480. The van der Waals surface area contributed by atoms with Crippen LogP contribution in [0.25, 0.3) is 93.6 Å². The molecule has 12 aromatic rings. The van der Waals surface area contributed by atoms with E-state index in [4.69, 9.17) is 8.83 Å². The van der Waals surface area contributed by atoms with E-state index in [1.165, 1.54) is 10.8 Å². The summed E-state index contributed by atoms with van der Waals surface area (Å²) < 4.78 is 16.1. The Balaban J connectivity index is 1.19. The highest BCUT2D eigenvalue weighted by molar-refractivity contribution is 6.16. The zero-order valence-corrected chi connectivity index (χ0v) is 31.3. The van der Waals surface area contributed by atoms with E-state index in [-0.39, 0.29) is 0 Å². The average Bonchev–Trinajstić information content (AvgIpc) is 3.97. The quantitative estimate of drug-likeness (QED) is 0.170. The van der Waals surface area contributed by atoms with E-state index in [0.29, 0.717) is 0 Å². The van der Waals surface area contributed by atoms with Crippen LogP contribution < -0.4 is 4.90 Å². The SMILES string of the molecule is c1ccc(N(c2ccccc2-c2cccc3c2oc2ccccc23)c2ccc3c(oc4ccccc43)c2-c2ccccc2-n2c3ccccc3c3ccccc32)cc1. The standard InChI is InChI=1S/C54H34N2O2/c1-2-17-35(18-3-1)55(45-27-10-6-21-38(45)41-25-16-26-42-39-22-8-14-31-50(39)57-53(41)42)49-34-33-43-40-23-9-15-32-51(40)58-54(43)52(49)44-24-7-13-30-48(44)56-46-28-11-4-19-36(46)37-20-5-12-29-47(37)56/h1-34H. The minimum absolute atomic E-state index is 0.838. The molecule has 0 aliphatic rings. The van der Waals surface area contributed by atoms with Crippen molar-refractivity contribution in [2.24, 2.45) is 0 Å². The van der Waals surface area contributed by atoms with Gasteiger partial charge in [-0.1, -0.05) is 146 Å². The van der Waals surface area contributed by atoms with Crippen LogP contribution in [0.15, 0.2) is 215 Å². The lowest BCUT2D eigenvalue weighted by atomic mass is 9.95. The lowest BCUT2D eigenvalue weighted by Crippen LogP contribution is -2.13. The zero-order chi connectivity index (χ0) is 38.2. The van der Waals surface area contributed by atoms with Gasteiger partial charge in [0.25, 0.3) is 0 Å². The van der Waals surface area contributed by atoms with Crippen LogP contribution in [0.1, 0.15) is 0 Å². The van der Waals surface area contributed by atoms with Gasteiger partial charge in [0.2, 0.25) is 0 Å². The van der Waals surface area contributed by atoms with E-state index in [1.54, 1.807) is 0 Å². The molecule has 12 rings (SSSR count). The summed E-state index contributed by atoms with van der Waals surface area (Å²) >= 11 is 0.